The molecule has 0 aromatic heterocycles. The molecule has 25 heavy (non-hydrogen) atoms. The number of amides is 1. The fourth-order valence-electron chi connectivity index (χ4n) is 2.32. The molecule has 0 saturated heterocycles. The van der Waals surface area contributed by atoms with Crippen molar-refractivity contribution in [1.82, 2.24) is 10.6 Å². The average molecular weight is 432 g/mol. The van der Waals surface area contributed by atoms with Crippen molar-refractivity contribution in [2.75, 3.05) is 26.8 Å². The highest BCUT2D eigenvalue weighted by molar-refractivity contribution is 9.10. The first-order valence-corrected chi connectivity index (χ1v) is 8.39. The number of nitrogens with one attached hydrogen (secondary N) is 2. The maximum absolute atomic E-state index is 13.6. The Hall–Kier alpha value is -1.47. The molecule has 0 aliphatic rings. The molecule has 2 N–H and O–H groups in total. The van der Waals surface area contributed by atoms with Gasteiger partial charge in [-0.3, -0.25) is 4.79 Å². The lowest BCUT2D eigenvalue weighted by atomic mass is 9.98. The van der Waals surface area contributed by atoms with E-state index in [2.05, 4.69) is 26.6 Å². The highest BCUT2D eigenvalue weighted by Crippen LogP contribution is 2.25. The number of rotatable bonds is 8. The van der Waals surface area contributed by atoms with E-state index in [4.69, 9.17) is 4.74 Å². The normalized spacial score (nSPS) is 11.5. The van der Waals surface area contributed by atoms with Crippen LogP contribution < -0.4 is 10.6 Å². The molecule has 1 unspecified atom stereocenters. The third kappa shape index (κ3) is 7.12. The summed E-state index contributed by atoms with van der Waals surface area (Å²) < 4.78 is 19.4. The van der Waals surface area contributed by atoms with Crippen LogP contribution >= 0.6 is 28.3 Å². The summed E-state index contributed by atoms with van der Waals surface area (Å²) in [5.41, 5.74) is 1.57. The van der Waals surface area contributed by atoms with E-state index < -0.39 is 6.04 Å². The number of carbonyl (C=O) groups excluding carboxylic acids is 1. The number of ether oxygens (including phenoxy) is 1. The second-order valence-electron chi connectivity index (χ2n) is 5.28. The molecule has 0 saturated carbocycles. The van der Waals surface area contributed by atoms with Gasteiger partial charge in [-0.1, -0.05) is 40.2 Å². The summed E-state index contributed by atoms with van der Waals surface area (Å²) in [7, 11) is 1.61. The predicted molar refractivity (Wildman–Crippen MR) is 103 cm³/mol. The van der Waals surface area contributed by atoms with Crippen molar-refractivity contribution in [3.63, 3.8) is 0 Å². The number of methoxy groups -OCH3 is 1. The van der Waals surface area contributed by atoms with E-state index in [1.807, 2.05) is 24.3 Å². The predicted octanol–water partition coefficient (Wildman–Crippen LogP) is 3.45. The van der Waals surface area contributed by atoms with E-state index in [0.717, 1.165) is 10.0 Å². The molecular weight excluding hydrogens is 411 g/mol. The van der Waals surface area contributed by atoms with Crippen LogP contribution in [0.2, 0.25) is 0 Å². The highest BCUT2D eigenvalue weighted by Gasteiger charge is 2.17. The molecule has 0 aliphatic carbocycles. The van der Waals surface area contributed by atoms with Gasteiger partial charge >= 0.3 is 0 Å². The summed E-state index contributed by atoms with van der Waals surface area (Å²) in [4.78, 5) is 12.2. The van der Waals surface area contributed by atoms with Crippen LogP contribution in [0.25, 0.3) is 0 Å². The quantitative estimate of drug-likeness (QED) is 0.630. The smallest absolute Gasteiger partial charge is 0.234 e. The molecule has 2 aromatic rings. The van der Waals surface area contributed by atoms with Crippen LogP contribution in [-0.2, 0) is 9.53 Å². The Morgan fingerprint density at radius 1 is 1.20 bits per heavy atom. The maximum Gasteiger partial charge on any atom is 0.234 e. The van der Waals surface area contributed by atoms with Gasteiger partial charge in [-0.05, 0) is 35.4 Å². The fourth-order valence-corrected chi connectivity index (χ4v) is 2.74. The van der Waals surface area contributed by atoms with Crippen molar-refractivity contribution in [1.29, 1.82) is 0 Å². The van der Waals surface area contributed by atoms with E-state index in [9.17, 15) is 9.18 Å². The molecule has 0 aliphatic heterocycles. The van der Waals surface area contributed by atoms with Gasteiger partial charge in [0.05, 0.1) is 19.2 Å². The Bertz CT molecular complexity index is 642. The van der Waals surface area contributed by atoms with E-state index in [1.54, 1.807) is 19.2 Å². The van der Waals surface area contributed by atoms with Gasteiger partial charge in [-0.15, -0.1) is 12.4 Å². The van der Waals surface area contributed by atoms with Crippen molar-refractivity contribution >= 4 is 34.2 Å². The second kappa shape index (κ2) is 11.2. The van der Waals surface area contributed by atoms with Crippen LogP contribution in [0.15, 0.2) is 53.0 Å². The van der Waals surface area contributed by atoms with Crippen LogP contribution in [0.5, 0.6) is 0 Å². The highest BCUT2D eigenvalue weighted by atomic mass is 79.9. The van der Waals surface area contributed by atoms with Crippen LogP contribution in [0, 0.1) is 5.82 Å². The van der Waals surface area contributed by atoms with E-state index >= 15 is 0 Å². The summed E-state index contributed by atoms with van der Waals surface area (Å²) in [5, 5.41) is 5.95. The van der Waals surface area contributed by atoms with Crippen molar-refractivity contribution < 1.29 is 13.9 Å². The summed E-state index contributed by atoms with van der Waals surface area (Å²) in [6.45, 7) is 1.29. The average Bonchev–Trinajstić information content (AvgIpc) is 2.56. The van der Waals surface area contributed by atoms with Crippen LogP contribution in [0.3, 0.4) is 0 Å². The first-order valence-electron chi connectivity index (χ1n) is 7.60. The lowest BCUT2D eigenvalue weighted by Gasteiger charge is -2.20. The first-order chi connectivity index (χ1) is 11.6. The summed E-state index contributed by atoms with van der Waals surface area (Å²) in [5.74, 6) is -0.500. The Morgan fingerprint density at radius 3 is 2.52 bits per heavy atom. The molecule has 2 aromatic carbocycles. The van der Waals surface area contributed by atoms with Crippen molar-refractivity contribution in [3.05, 3.63) is 69.9 Å². The van der Waals surface area contributed by atoms with E-state index in [1.165, 1.54) is 12.1 Å². The lowest BCUT2D eigenvalue weighted by molar-refractivity contribution is -0.120. The minimum absolute atomic E-state index is 0. The maximum atomic E-state index is 13.6. The van der Waals surface area contributed by atoms with Gasteiger partial charge in [0.2, 0.25) is 5.91 Å². The molecule has 4 nitrogen and oxygen atoms in total. The van der Waals surface area contributed by atoms with Crippen molar-refractivity contribution in [2.45, 2.75) is 6.04 Å². The summed E-state index contributed by atoms with van der Waals surface area (Å²) in [6.07, 6.45) is 0. The lowest BCUT2D eigenvalue weighted by Crippen LogP contribution is -2.37. The van der Waals surface area contributed by atoms with E-state index in [0.29, 0.717) is 18.7 Å². The molecule has 2 rings (SSSR count). The van der Waals surface area contributed by atoms with Gasteiger partial charge in [0, 0.05) is 18.1 Å². The Labute approximate surface area is 161 Å². The minimum atomic E-state index is -0.421. The Kier molecular flexibility index (Phi) is 9.67. The zero-order valence-electron chi connectivity index (χ0n) is 13.8. The number of hydrogen-bond acceptors (Lipinski definition) is 3. The van der Waals surface area contributed by atoms with Gasteiger partial charge in [-0.2, -0.15) is 0 Å². The van der Waals surface area contributed by atoms with Crippen LogP contribution in [-0.4, -0.2) is 32.7 Å². The third-order valence-corrected chi connectivity index (χ3v) is 3.93. The van der Waals surface area contributed by atoms with Crippen molar-refractivity contribution in [2.24, 2.45) is 0 Å². The second-order valence-corrected chi connectivity index (χ2v) is 6.20. The molecule has 0 heterocycles. The summed E-state index contributed by atoms with van der Waals surface area (Å²) >= 11 is 3.43. The zero-order chi connectivity index (χ0) is 17.4. The molecule has 0 bridgehead atoms. The minimum Gasteiger partial charge on any atom is -0.383 e. The van der Waals surface area contributed by atoms with Gasteiger partial charge in [-0.25, -0.2) is 4.39 Å². The molecule has 1 amide bonds. The topological polar surface area (TPSA) is 50.4 Å². The van der Waals surface area contributed by atoms with Crippen LogP contribution in [0.4, 0.5) is 4.39 Å². The molecule has 7 heteroatoms. The van der Waals surface area contributed by atoms with Gasteiger partial charge < -0.3 is 15.4 Å². The van der Waals surface area contributed by atoms with Gasteiger partial charge in [0.15, 0.2) is 0 Å². The fraction of sp³-hybridized carbons (Fsp3) is 0.278. The molecule has 0 spiro atoms. The molecular formula is C18H21BrClFN2O2. The zero-order valence-corrected chi connectivity index (χ0v) is 16.2. The summed E-state index contributed by atoms with van der Waals surface area (Å²) in [6, 6.07) is 13.4. The largest absolute Gasteiger partial charge is 0.383 e. The number of carbonyl (C=O) groups is 1. The first kappa shape index (κ1) is 21.6. The number of benzene rings is 2. The molecule has 136 valence electrons. The standard InChI is InChI=1S/C18H20BrFN2O2.ClH/c1-24-9-8-21-12-17(23)22-18(13-4-2-6-15(19)10-13)14-5-3-7-16(20)11-14;/h2-7,10-11,18,21H,8-9,12H2,1H3,(H,22,23);1H. The van der Waals surface area contributed by atoms with Crippen molar-refractivity contribution in [3.8, 4) is 0 Å². The van der Waals surface area contributed by atoms with E-state index in [-0.39, 0.29) is 30.7 Å². The van der Waals surface area contributed by atoms with Gasteiger partial charge in [0.25, 0.3) is 0 Å². The Balaban J connectivity index is 0.00000312. The Morgan fingerprint density at radius 2 is 1.88 bits per heavy atom. The number of halogens is 3. The monoisotopic (exact) mass is 430 g/mol. The van der Waals surface area contributed by atoms with Crippen LogP contribution in [0.1, 0.15) is 17.2 Å². The molecule has 0 fully saturated rings. The SMILES string of the molecule is COCCNCC(=O)NC(c1cccc(F)c1)c1cccc(Br)c1.Cl. The van der Waals surface area contributed by atoms with Gasteiger partial charge in [0.1, 0.15) is 5.82 Å². The third-order valence-electron chi connectivity index (χ3n) is 3.44. The molecule has 1 atom stereocenters. The number of hydrogen-bond donors (Lipinski definition) is 2. The molecule has 0 radical (unpaired) electrons.